The minimum Gasteiger partial charge on any atom is -0.496 e. The van der Waals surface area contributed by atoms with Gasteiger partial charge in [-0.25, -0.2) is 0 Å². The molecule has 22 heavy (non-hydrogen) atoms. The van der Waals surface area contributed by atoms with Gasteiger partial charge in [0, 0.05) is 24.2 Å². The molecule has 5 nitrogen and oxygen atoms in total. The minimum absolute atomic E-state index is 0.0551. The van der Waals surface area contributed by atoms with Crippen LogP contribution in [0.3, 0.4) is 0 Å². The topological polar surface area (TPSA) is 50.8 Å². The van der Waals surface area contributed by atoms with Gasteiger partial charge in [-0.3, -0.25) is 4.79 Å². The van der Waals surface area contributed by atoms with E-state index >= 15 is 0 Å². The number of carbonyl (C=O) groups excluding carboxylic acids is 1. The van der Waals surface area contributed by atoms with Crippen molar-refractivity contribution in [3.8, 4) is 11.5 Å². The molecule has 1 fully saturated rings. The van der Waals surface area contributed by atoms with E-state index in [2.05, 4.69) is 5.32 Å². The number of hydrogen-bond donors (Lipinski definition) is 1. The molecule has 1 amide bonds. The van der Waals surface area contributed by atoms with Crippen LogP contribution in [0.1, 0.15) is 28.8 Å². The maximum absolute atomic E-state index is 12.7. The molecule has 1 heterocycles. The van der Waals surface area contributed by atoms with Gasteiger partial charge in [0.15, 0.2) is 0 Å². The summed E-state index contributed by atoms with van der Waals surface area (Å²) in [7, 11) is 5.20. The van der Waals surface area contributed by atoms with Crippen molar-refractivity contribution in [2.45, 2.75) is 19.8 Å². The SMILES string of the molecule is CNCC1CCN(C(=O)c2cc(OC)c(C)c(OC)c2)CC1. The highest BCUT2D eigenvalue weighted by atomic mass is 16.5. The van der Waals surface area contributed by atoms with Crippen molar-refractivity contribution in [1.29, 1.82) is 0 Å². The molecule has 0 aromatic heterocycles. The van der Waals surface area contributed by atoms with E-state index in [1.54, 1.807) is 26.4 Å². The molecule has 0 bridgehead atoms. The van der Waals surface area contributed by atoms with Crippen molar-refractivity contribution in [2.24, 2.45) is 5.92 Å². The normalized spacial score (nSPS) is 15.7. The zero-order valence-electron chi connectivity index (χ0n) is 13.9. The zero-order chi connectivity index (χ0) is 16.1. The van der Waals surface area contributed by atoms with Crippen molar-refractivity contribution in [1.82, 2.24) is 10.2 Å². The van der Waals surface area contributed by atoms with E-state index in [1.807, 2.05) is 18.9 Å². The number of hydrogen-bond acceptors (Lipinski definition) is 4. The second-order valence-electron chi connectivity index (χ2n) is 5.80. The van der Waals surface area contributed by atoms with Gasteiger partial charge in [-0.05, 0) is 51.4 Å². The monoisotopic (exact) mass is 306 g/mol. The average molecular weight is 306 g/mol. The Morgan fingerprint density at radius 2 is 1.77 bits per heavy atom. The molecule has 1 saturated heterocycles. The van der Waals surface area contributed by atoms with Gasteiger partial charge < -0.3 is 19.7 Å². The van der Waals surface area contributed by atoms with Crippen LogP contribution >= 0.6 is 0 Å². The van der Waals surface area contributed by atoms with Gasteiger partial charge in [-0.15, -0.1) is 0 Å². The molecule has 2 rings (SSSR count). The number of ether oxygens (including phenoxy) is 2. The maximum atomic E-state index is 12.7. The van der Waals surface area contributed by atoms with Crippen LogP contribution < -0.4 is 14.8 Å². The summed E-state index contributed by atoms with van der Waals surface area (Å²) in [5, 5.41) is 3.21. The van der Waals surface area contributed by atoms with E-state index in [0.29, 0.717) is 23.0 Å². The number of piperidine rings is 1. The fourth-order valence-electron chi connectivity index (χ4n) is 3.02. The molecule has 0 unspecified atom stereocenters. The second kappa shape index (κ2) is 7.49. The molecule has 0 saturated carbocycles. The van der Waals surface area contributed by atoms with Crippen LogP contribution in [0.2, 0.25) is 0 Å². The van der Waals surface area contributed by atoms with Gasteiger partial charge >= 0.3 is 0 Å². The predicted molar refractivity (Wildman–Crippen MR) is 86.8 cm³/mol. The van der Waals surface area contributed by atoms with Gasteiger partial charge in [0.2, 0.25) is 0 Å². The standard InChI is InChI=1S/C17H26N2O3/c1-12-15(21-3)9-14(10-16(12)22-4)17(20)19-7-5-13(6-8-19)11-18-2/h9-10,13,18H,5-8,11H2,1-4H3. The van der Waals surface area contributed by atoms with E-state index in [4.69, 9.17) is 9.47 Å². The van der Waals surface area contributed by atoms with Crippen molar-refractivity contribution in [3.05, 3.63) is 23.3 Å². The third-order valence-electron chi connectivity index (χ3n) is 4.39. The third-order valence-corrected chi connectivity index (χ3v) is 4.39. The van der Waals surface area contributed by atoms with Gasteiger partial charge in [0.1, 0.15) is 11.5 Å². The molecule has 122 valence electrons. The first-order valence-electron chi connectivity index (χ1n) is 7.77. The molecular formula is C17H26N2O3. The summed E-state index contributed by atoms with van der Waals surface area (Å²) >= 11 is 0. The van der Waals surface area contributed by atoms with Crippen molar-refractivity contribution in [3.63, 3.8) is 0 Å². The minimum atomic E-state index is 0.0551. The lowest BCUT2D eigenvalue weighted by Crippen LogP contribution is -2.40. The molecule has 1 aromatic carbocycles. The summed E-state index contributed by atoms with van der Waals surface area (Å²) in [6.07, 6.45) is 2.10. The largest absolute Gasteiger partial charge is 0.496 e. The van der Waals surface area contributed by atoms with E-state index in [0.717, 1.165) is 38.0 Å². The summed E-state index contributed by atoms with van der Waals surface area (Å²) in [4.78, 5) is 14.6. The Balaban J connectivity index is 2.13. The lowest BCUT2D eigenvalue weighted by Gasteiger charge is -2.32. The number of methoxy groups -OCH3 is 2. The molecule has 0 radical (unpaired) electrons. The highest BCUT2D eigenvalue weighted by molar-refractivity contribution is 5.95. The van der Waals surface area contributed by atoms with Gasteiger partial charge in [0.05, 0.1) is 14.2 Å². The van der Waals surface area contributed by atoms with Crippen LogP contribution in [0.25, 0.3) is 0 Å². The van der Waals surface area contributed by atoms with Crippen molar-refractivity contribution < 1.29 is 14.3 Å². The van der Waals surface area contributed by atoms with Crippen LogP contribution in [0, 0.1) is 12.8 Å². The number of nitrogens with one attached hydrogen (secondary N) is 1. The smallest absolute Gasteiger partial charge is 0.254 e. The first-order valence-corrected chi connectivity index (χ1v) is 7.77. The molecular weight excluding hydrogens is 280 g/mol. The van der Waals surface area contributed by atoms with Crippen molar-refractivity contribution >= 4 is 5.91 Å². The molecule has 1 aliphatic heterocycles. The summed E-state index contributed by atoms with van der Waals surface area (Å²) in [6.45, 7) is 4.57. The van der Waals surface area contributed by atoms with E-state index in [1.165, 1.54) is 0 Å². The quantitative estimate of drug-likeness (QED) is 0.905. The fraction of sp³-hybridized carbons (Fsp3) is 0.588. The highest BCUT2D eigenvalue weighted by Crippen LogP contribution is 2.30. The summed E-state index contributed by atoms with van der Waals surface area (Å²) < 4.78 is 10.7. The maximum Gasteiger partial charge on any atom is 0.254 e. The fourth-order valence-corrected chi connectivity index (χ4v) is 3.02. The first-order chi connectivity index (χ1) is 10.6. The zero-order valence-corrected chi connectivity index (χ0v) is 13.9. The third kappa shape index (κ3) is 3.53. The number of amides is 1. The lowest BCUT2D eigenvalue weighted by molar-refractivity contribution is 0.0690. The molecule has 0 spiro atoms. The lowest BCUT2D eigenvalue weighted by atomic mass is 9.96. The molecule has 1 aliphatic rings. The number of likely N-dealkylation sites (tertiary alicyclic amines) is 1. The van der Waals surface area contributed by atoms with Crippen LogP contribution in [-0.2, 0) is 0 Å². The molecule has 1 N–H and O–H groups in total. The number of carbonyl (C=O) groups is 1. The van der Waals surface area contributed by atoms with Gasteiger partial charge in [0.25, 0.3) is 5.91 Å². The number of nitrogens with zero attached hydrogens (tertiary/aromatic N) is 1. The molecule has 0 atom stereocenters. The van der Waals surface area contributed by atoms with E-state index < -0.39 is 0 Å². The number of rotatable bonds is 5. The Labute approximate surface area is 132 Å². The summed E-state index contributed by atoms with van der Waals surface area (Å²) in [5.74, 6) is 2.09. The summed E-state index contributed by atoms with van der Waals surface area (Å²) in [5.41, 5.74) is 1.54. The van der Waals surface area contributed by atoms with Crippen LogP contribution in [-0.4, -0.2) is 51.7 Å². The van der Waals surface area contributed by atoms with Crippen molar-refractivity contribution in [2.75, 3.05) is 40.9 Å². The molecule has 1 aromatic rings. The Morgan fingerprint density at radius 3 is 2.23 bits per heavy atom. The van der Waals surface area contributed by atoms with Crippen LogP contribution in [0.15, 0.2) is 12.1 Å². The Kier molecular flexibility index (Phi) is 5.66. The first kappa shape index (κ1) is 16.6. The van der Waals surface area contributed by atoms with Crippen LogP contribution in [0.5, 0.6) is 11.5 Å². The summed E-state index contributed by atoms with van der Waals surface area (Å²) in [6, 6.07) is 3.61. The average Bonchev–Trinajstić information content (AvgIpc) is 2.55. The Morgan fingerprint density at radius 1 is 1.23 bits per heavy atom. The number of benzene rings is 1. The van der Waals surface area contributed by atoms with Gasteiger partial charge in [-0.1, -0.05) is 0 Å². The van der Waals surface area contributed by atoms with E-state index in [-0.39, 0.29) is 5.91 Å². The van der Waals surface area contributed by atoms with Crippen LogP contribution in [0.4, 0.5) is 0 Å². The molecule has 0 aliphatic carbocycles. The van der Waals surface area contributed by atoms with Gasteiger partial charge in [-0.2, -0.15) is 0 Å². The Bertz CT molecular complexity index is 498. The van der Waals surface area contributed by atoms with E-state index in [9.17, 15) is 4.79 Å². The Hall–Kier alpha value is -1.75. The predicted octanol–water partition coefficient (Wildman–Crippen LogP) is 2.08. The molecule has 5 heteroatoms. The highest BCUT2D eigenvalue weighted by Gasteiger charge is 2.24. The second-order valence-corrected chi connectivity index (χ2v) is 5.80.